The molecule has 158 valence electrons. The van der Waals surface area contributed by atoms with Crippen molar-refractivity contribution in [1.29, 1.82) is 0 Å². The minimum absolute atomic E-state index is 0.0340. The summed E-state index contributed by atoms with van der Waals surface area (Å²) in [6.45, 7) is 0.200. The minimum atomic E-state index is -0.351. The molecule has 0 saturated heterocycles. The second-order valence-corrected chi connectivity index (χ2v) is 7.22. The van der Waals surface area contributed by atoms with Crippen LogP contribution in [-0.2, 0) is 13.5 Å². The number of ether oxygens (including phenoxy) is 2. The summed E-state index contributed by atoms with van der Waals surface area (Å²) < 4.78 is 14.3. The minimum Gasteiger partial charge on any atom is -0.471 e. The van der Waals surface area contributed by atoms with Crippen LogP contribution in [0.5, 0.6) is 11.5 Å². The van der Waals surface area contributed by atoms with Crippen LogP contribution < -0.4 is 14.8 Å². The predicted octanol–water partition coefficient (Wildman–Crippen LogP) is 4.71. The van der Waals surface area contributed by atoms with Crippen molar-refractivity contribution in [2.45, 2.75) is 13.5 Å². The monoisotopic (exact) mass is 457 g/mol. The molecular weight excluding hydrogens is 441 g/mol. The van der Waals surface area contributed by atoms with Crippen molar-refractivity contribution in [3.8, 4) is 11.5 Å². The molecule has 0 atom stereocenters. The van der Waals surface area contributed by atoms with Crippen molar-refractivity contribution < 1.29 is 14.3 Å². The van der Waals surface area contributed by atoms with Crippen molar-refractivity contribution in [1.82, 2.24) is 19.6 Å². The van der Waals surface area contributed by atoms with E-state index in [0.717, 1.165) is 0 Å². The van der Waals surface area contributed by atoms with Crippen molar-refractivity contribution >= 4 is 34.8 Å². The van der Waals surface area contributed by atoms with Crippen LogP contribution in [0.3, 0.4) is 0 Å². The van der Waals surface area contributed by atoms with Gasteiger partial charge in [0.05, 0.1) is 23.1 Å². The number of halogens is 2. The number of anilines is 1. The topological polar surface area (TPSA) is 83.2 Å². The van der Waals surface area contributed by atoms with Gasteiger partial charge in [-0.2, -0.15) is 10.2 Å². The van der Waals surface area contributed by atoms with E-state index in [1.807, 2.05) is 12.1 Å². The Balaban J connectivity index is 1.35. The molecule has 0 aliphatic heterocycles. The molecule has 2 aromatic carbocycles. The van der Waals surface area contributed by atoms with Gasteiger partial charge in [0, 0.05) is 11.2 Å². The number of rotatable bonds is 8. The maximum atomic E-state index is 12.7. The molecule has 0 aliphatic rings. The summed E-state index contributed by atoms with van der Waals surface area (Å²) in [5.41, 5.74) is 0.842. The second-order valence-electron chi connectivity index (χ2n) is 6.37. The van der Waals surface area contributed by atoms with E-state index in [0.29, 0.717) is 32.9 Å². The number of hydrogen-bond donors (Lipinski definition) is 1. The normalized spacial score (nSPS) is 10.6. The number of aromatic nitrogens is 4. The number of hydrogen-bond acceptors (Lipinski definition) is 5. The molecule has 2 heterocycles. The van der Waals surface area contributed by atoms with E-state index in [4.69, 9.17) is 32.7 Å². The molecule has 0 fully saturated rings. The lowest BCUT2D eigenvalue weighted by Crippen LogP contribution is -2.19. The molecule has 0 unspecified atom stereocenters. The van der Waals surface area contributed by atoms with Crippen LogP contribution >= 0.6 is 23.2 Å². The largest absolute Gasteiger partial charge is 0.471 e. The van der Waals surface area contributed by atoms with Gasteiger partial charge in [0.1, 0.15) is 17.2 Å². The Morgan fingerprint density at radius 1 is 1.00 bits per heavy atom. The molecule has 0 spiro atoms. The van der Waals surface area contributed by atoms with Crippen LogP contribution in [-0.4, -0.2) is 25.5 Å². The van der Waals surface area contributed by atoms with E-state index in [1.54, 1.807) is 53.3 Å². The number of para-hydroxylation sites is 1. The third kappa shape index (κ3) is 5.36. The number of carbonyl (C=O) groups is 1. The summed E-state index contributed by atoms with van der Waals surface area (Å²) in [6.07, 6.45) is 4.71. The summed E-state index contributed by atoms with van der Waals surface area (Å²) in [7, 11) is 0. The zero-order valence-corrected chi connectivity index (χ0v) is 17.6. The van der Waals surface area contributed by atoms with Gasteiger partial charge in [0.15, 0.2) is 13.5 Å². The lowest BCUT2D eigenvalue weighted by molar-refractivity contribution is 0.100. The molecule has 10 heteroatoms. The highest BCUT2D eigenvalue weighted by Crippen LogP contribution is 2.23. The molecule has 0 radical (unpaired) electrons. The summed E-state index contributed by atoms with van der Waals surface area (Å²) in [5.74, 6) is 0.776. The fourth-order valence-corrected chi connectivity index (χ4v) is 3.08. The Labute approximate surface area is 187 Å². The Morgan fingerprint density at radius 2 is 1.87 bits per heavy atom. The zero-order chi connectivity index (χ0) is 21.6. The van der Waals surface area contributed by atoms with Crippen LogP contribution in [0.25, 0.3) is 0 Å². The maximum Gasteiger partial charge on any atom is 0.274 e. The third-order valence-corrected chi connectivity index (χ3v) is 4.73. The highest BCUT2D eigenvalue weighted by Gasteiger charge is 2.14. The average molecular weight is 458 g/mol. The molecule has 1 amide bonds. The number of nitrogens with zero attached hydrogens (tertiary/aromatic N) is 4. The first-order valence-electron chi connectivity index (χ1n) is 9.20. The third-order valence-electron chi connectivity index (χ3n) is 4.18. The average Bonchev–Trinajstić information content (AvgIpc) is 3.41. The van der Waals surface area contributed by atoms with Crippen LogP contribution in [0, 0.1) is 0 Å². The summed E-state index contributed by atoms with van der Waals surface area (Å²) >= 11 is 12.0. The highest BCUT2D eigenvalue weighted by molar-refractivity contribution is 6.32. The molecule has 2 aromatic heterocycles. The van der Waals surface area contributed by atoms with E-state index < -0.39 is 0 Å². The van der Waals surface area contributed by atoms with Crippen molar-refractivity contribution in [3.63, 3.8) is 0 Å². The Bertz CT molecular complexity index is 1190. The van der Waals surface area contributed by atoms with Gasteiger partial charge >= 0.3 is 0 Å². The van der Waals surface area contributed by atoms with E-state index in [-0.39, 0.29) is 19.4 Å². The van der Waals surface area contributed by atoms with Crippen molar-refractivity contribution in [2.24, 2.45) is 0 Å². The van der Waals surface area contributed by atoms with Gasteiger partial charge < -0.3 is 14.8 Å². The molecule has 4 aromatic rings. The number of benzene rings is 2. The van der Waals surface area contributed by atoms with Crippen LogP contribution in [0.4, 0.5) is 5.69 Å². The maximum absolute atomic E-state index is 12.7. The summed E-state index contributed by atoms with van der Waals surface area (Å²) in [6, 6.07) is 15.7. The van der Waals surface area contributed by atoms with E-state index in [9.17, 15) is 4.79 Å². The van der Waals surface area contributed by atoms with E-state index >= 15 is 0 Å². The Kier molecular flexibility index (Phi) is 6.40. The van der Waals surface area contributed by atoms with Crippen LogP contribution in [0.1, 0.15) is 10.5 Å². The van der Waals surface area contributed by atoms with Crippen molar-refractivity contribution in [2.75, 3.05) is 5.32 Å². The van der Waals surface area contributed by atoms with E-state index in [2.05, 4.69) is 15.5 Å². The highest BCUT2D eigenvalue weighted by atomic mass is 35.5. The first kappa shape index (κ1) is 20.8. The van der Waals surface area contributed by atoms with E-state index in [1.165, 1.54) is 17.1 Å². The Morgan fingerprint density at radius 3 is 2.71 bits per heavy atom. The first-order valence-corrected chi connectivity index (χ1v) is 9.95. The summed E-state index contributed by atoms with van der Waals surface area (Å²) in [4.78, 5) is 12.7. The van der Waals surface area contributed by atoms with Gasteiger partial charge in [-0.25, -0.2) is 9.36 Å². The fraction of sp³-hybridized carbons (Fsp3) is 0.0952. The fourth-order valence-electron chi connectivity index (χ4n) is 2.71. The molecular formula is C21H17Cl2N5O3. The SMILES string of the molecule is O=C(Nc1cnn(COc2cccc(Cl)c2)c1)c1ccnn1COc1ccccc1Cl. The molecule has 8 nitrogen and oxygen atoms in total. The van der Waals surface area contributed by atoms with Gasteiger partial charge in [-0.3, -0.25) is 4.79 Å². The quantitative estimate of drug-likeness (QED) is 0.414. The van der Waals surface area contributed by atoms with Gasteiger partial charge in [-0.05, 0) is 36.4 Å². The molecule has 31 heavy (non-hydrogen) atoms. The van der Waals surface area contributed by atoms with Gasteiger partial charge in [0.25, 0.3) is 5.91 Å². The Hall–Kier alpha value is -3.49. The van der Waals surface area contributed by atoms with Crippen LogP contribution in [0.2, 0.25) is 10.0 Å². The molecule has 0 saturated carbocycles. The zero-order valence-electron chi connectivity index (χ0n) is 16.1. The molecule has 1 N–H and O–H groups in total. The van der Waals surface area contributed by atoms with Gasteiger partial charge in [0.2, 0.25) is 0 Å². The lowest BCUT2D eigenvalue weighted by Gasteiger charge is -2.10. The van der Waals surface area contributed by atoms with Gasteiger partial charge in [-0.1, -0.05) is 41.4 Å². The lowest BCUT2D eigenvalue weighted by atomic mass is 10.3. The number of nitrogens with one attached hydrogen (secondary N) is 1. The molecule has 0 bridgehead atoms. The smallest absolute Gasteiger partial charge is 0.274 e. The van der Waals surface area contributed by atoms with Gasteiger partial charge in [-0.15, -0.1) is 0 Å². The predicted molar refractivity (Wildman–Crippen MR) is 117 cm³/mol. The number of carbonyl (C=O) groups excluding carboxylic acids is 1. The summed E-state index contributed by atoms with van der Waals surface area (Å²) in [5, 5.41) is 12.2. The number of amides is 1. The molecule has 4 rings (SSSR count). The second kappa shape index (κ2) is 9.55. The first-order chi connectivity index (χ1) is 15.1. The van der Waals surface area contributed by atoms with Crippen LogP contribution in [0.15, 0.2) is 73.2 Å². The van der Waals surface area contributed by atoms with Crippen molar-refractivity contribution in [3.05, 3.63) is 88.9 Å². The standard InChI is InChI=1S/C21H17Cl2N5O3/c22-15-4-3-5-17(10-15)30-13-27-12-16(11-25-27)26-21(29)19-8-9-24-28(19)14-31-20-7-2-1-6-18(20)23/h1-12H,13-14H2,(H,26,29). The molecule has 0 aliphatic carbocycles.